The van der Waals surface area contributed by atoms with Gasteiger partial charge in [-0.2, -0.15) is 0 Å². The number of carbonyl (C=O) groups is 1. The first-order chi connectivity index (χ1) is 5.65. The Morgan fingerprint density at radius 3 is 2.75 bits per heavy atom. The molecule has 1 aromatic carbocycles. The van der Waals surface area contributed by atoms with Crippen LogP contribution in [0.5, 0.6) is 0 Å². The Bertz CT molecular complexity index is 305. The van der Waals surface area contributed by atoms with Crippen molar-refractivity contribution in [3.05, 3.63) is 33.8 Å². The number of rotatable bonds is 2. The van der Waals surface area contributed by atoms with Crippen LogP contribution in [0.15, 0.2) is 22.7 Å². The third kappa shape index (κ3) is 1.95. The Hall–Kier alpha value is -0.630. The summed E-state index contributed by atoms with van der Waals surface area (Å²) in [4.78, 5) is 11.4. The van der Waals surface area contributed by atoms with E-state index in [2.05, 4.69) is 15.9 Å². The fraction of sp³-hybridized carbons (Fsp3) is 0.300. The van der Waals surface area contributed by atoms with E-state index in [0.29, 0.717) is 6.42 Å². The molecule has 0 atom stereocenters. The van der Waals surface area contributed by atoms with E-state index in [1.165, 1.54) is 0 Å². The van der Waals surface area contributed by atoms with Crippen LogP contribution in [0.25, 0.3) is 0 Å². The Morgan fingerprint density at radius 2 is 2.17 bits per heavy atom. The van der Waals surface area contributed by atoms with Gasteiger partial charge in [0.05, 0.1) is 0 Å². The zero-order valence-corrected chi connectivity index (χ0v) is 8.81. The van der Waals surface area contributed by atoms with Crippen LogP contribution in [0.2, 0.25) is 0 Å². The molecule has 0 bridgehead atoms. The molecule has 2 heteroatoms. The van der Waals surface area contributed by atoms with Crippen LogP contribution >= 0.6 is 15.9 Å². The smallest absolute Gasteiger partial charge is 0.162 e. The van der Waals surface area contributed by atoms with Crippen LogP contribution in [0, 0.1) is 6.92 Å². The maximum Gasteiger partial charge on any atom is 0.162 e. The van der Waals surface area contributed by atoms with Gasteiger partial charge in [0, 0.05) is 16.5 Å². The van der Waals surface area contributed by atoms with Crippen LogP contribution in [0.1, 0.15) is 29.3 Å². The number of aryl methyl sites for hydroxylation is 1. The lowest BCUT2D eigenvalue weighted by Gasteiger charge is -2.02. The second-order valence-corrected chi connectivity index (χ2v) is 3.65. The summed E-state index contributed by atoms with van der Waals surface area (Å²) in [7, 11) is 0. The predicted octanol–water partition coefficient (Wildman–Crippen LogP) is 3.35. The molecule has 0 saturated heterocycles. The third-order valence-electron chi connectivity index (χ3n) is 1.82. The van der Waals surface area contributed by atoms with Crippen LogP contribution < -0.4 is 0 Å². The molecule has 12 heavy (non-hydrogen) atoms. The molecule has 0 amide bonds. The van der Waals surface area contributed by atoms with Crippen molar-refractivity contribution in [2.24, 2.45) is 0 Å². The molecule has 0 unspecified atom stereocenters. The highest BCUT2D eigenvalue weighted by atomic mass is 79.9. The number of ketones is 1. The average molecular weight is 227 g/mol. The molecule has 0 saturated carbocycles. The molecule has 1 aromatic rings. The van der Waals surface area contributed by atoms with Gasteiger partial charge in [-0.15, -0.1) is 0 Å². The highest BCUT2D eigenvalue weighted by Crippen LogP contribution is 2.17. The second-order valence-electron chi connectivity index (χ2n) is 2.74. The van der Waals surface area contributed by atoms with Crippen LogP contribution in [0.3, 0.4) is 0 Å². The van der Waals surface area contributed by atoms with Crippen molar-refractivity contribution in [3.63, 3.8) is 0 Å². The highest BCUT2D eigenvalue weighted by molar-refractivity contribution is 9.10. The molecule has 0 aromatic heterocycles. The monoisotopic (exact) mass is 226 g/mol. The summed E-state index contributed by atoms with van der Waals surface area (Å²) in [6, 6.07) is 5.77. The Labute approximate surface area is 80.9 Å². The summed E-state index contributed by atoms with van der Waals surface area (Å²) in [6.07, 6.45) is 0.567. The van der Waals surface area contributed by atoms with Gasteiger partial charge >= 0.3 is 0 Å². The topological polar surface area (TPSA) is 17.1 Å². The summed E-state index contributed by atoms with van der Waals surface area (Å²) in [5.41, 5.74) is 1.87. The molecule has 0 aliphatic carbocycles. The lowest BCUT2D eigenvalue weighted by molar-refractivity contribution is 0.0987. The first kappa shape index (κ1) is 9.46. The van der Waals surface area contributed by atoms with Gasteiger partial charge in [0.25, 0.3) is 0 Å². The van der Waals surface area contributed by atoms with Crippen molar-refractivity contribution < 1.29 is 4.79 Å². The normalized spacial score (nSPS) is 9.92. The fourth-order valence-electron chi connectivity index (χ4n) is 1.09. The Kier molecular flexibility index (Phi) is 3.04. The minimum Gasteiger partial charge on any atom is -0.294 e. The van der Waals surface area contributed by atoms with Crippen LogP contribution in [0.4, 0.5) is 0 Å². The number of carbonyl (C=O) groups excluding carboxylic acids is 1. The number of benzene rings is 1. The van der Waals surface area contributed by atoms with E-state index in [1.54, 1.807) is 0 Å². The van der Waals surface area contributed by atoms with E-state index in [-0.39, 0.29) is 5.78 Å². The van der Waals surface area contributed by atoms with Gasteiger partial charge in [-0.25, -0.2) is 0 Å². The summed E-state index contributed by atoms with van der Waals surface area (Å²) < 4.78 is 0.963. The zero-order valence-electron chi connectivity index (χ0n) is 7.23. The molecule has 64 valence electrons. The van der Waals surface area contributed by atoms with Gasteiger partial charge in [0.2, 0.25) is 0 Å². The fourth-order valence-corrected chi connectivity index (χ4v) is 1.45. The predicted molar refractivity (Wildman–Crippen MR) is 53.5 cm³/mol. The zero-order chi connectivity index (χ0) is 9.14. The van der Waals surface area contributed by atoms with Crippen molar-refractivity contribution in [2.45, 2.75) is 20.3 Å². The maximum absolute atomic E-state index is 11.4. The molecule has 0 fully saturated rings. The number of halogens is 1. The second kappa shape index (κ2) is 3.85. The first-order valence-corrected chi connectivity index (χ1v) is 4.73. The van der Waals surface area contributed by atoms with Crippen LogP contribution in [-0.2, 0) is 0 Å². The summed E-state index contributed by atoms with van der Waals surface area (Å²) >= 11 is 3.34. The minimum atomic E-state index is 0.203. The molecule has 0 heterocycles. The highest BCUT2D eigenvalue weighted by Gasteiger charge is 2.06. The molecular weight excluding hydrogens is 216 g/mol. The van der Waals surface area contributed by atoms with E-state index in [9.17, 15) is 4.79 Å². The lowest BCUT2D eigenvalue weighted by atomic mass is 10.0. The Morgan fingerprint density at radius 1 is 1.50 bits per heavy atom. The molecule has 1 rings (SSSR count). The van der Waals surface area contributed by atoms with Gasteiger partial charge < -0.3 is 0 Å². The lowest BCUT2D eigenvalue weighted by Crippen LogP contribution is -1.99. The van der Waals surface area contributed by atoms with E-state index >= 15 is 0 Å². The van der Waals surface area contributed by atoms with E-state index < -0.39 is 0 Å². The molecule has 0 aliphatic heterocycles. The van der Waals surface area contributed by atoms with Crippen molar-refractivity contribution >= 4 is 21.7 Å². The Balaban J connectivity index is 3.13. The van der Waals surface area contributed by atoms with E-state index in [4.69, 9.17) is 0 Å². The third-order valence-corrected chi connectivity index (χ3v) is 2.31. The largest absolute Gasteiger partial charge is 0.294 e. The number of Topliss-reactive ketones (excluding diaryl/α,β-unsaturated/α-hetero) is 1. The van der Waals surface area contributed by atoms with Crippen molar-refractivity contribution in [1.82, 2.24) is 0 Å². The van der Waals surface area contributed by atoms with E-state index in [1.807, 2.05) is 32.0 Å². The summed E-state index contributed by atoms with van der Waals surface area (Å²) in [5.74, 6) is 0.203. The summed E-state index contributed by atoms with van der Waals surface area (Å²) in [6.45, 7) is 3.83. The van der Waals surface area contributed by atoms with Gasteiger partial charge in [0.1, 0.15) is 0 Å². The number of hydrogen-bond donors (Lipinski definition) is 0. The van der Waals surface area contributed by atoms with Crippen molar-refractivity contribution in [1.29, 1.82) is 0 Å². The standard InChI is InChI=1S/C10H11BrO/c1-3-10(12)9-6-8(11)5-4-7(9)2/h4-6H,3H2,1-2H3. The van der Waals surface area contributed by atoms with Gasteiger partial charge in [-0.05, 0) is 24.6 Å². The van der Waals surface area contributed by atoms with Gasteiger partial charge in [-0.3, -0.25) is 4.79 Å². The van der Waals surface area contributed by atoms with Gasteiger partial charge in [0.15, 0.2) is 5.78 Å². The summed E-state index contributed by atoms with van der Waals surface area (Å²) in [5, 5.41) is 0. The molecule has 0 aliphatic rings. The molecule has 0 N–H and O–H groups in total. The molecule has 0 radical (unpaired) electrons. The maximum atomic E-state index is 11.4. The molecule has 1 nitrogen and oxygen atoms in total. The molecule has 0 spiro atoms. The number of hydrogen-bond acceptors (Lipinski definition) is 1. The van der Waals surface area contributed by atoms with Crippen molar-refractivity contribution in [3.8, 4) is 0 Å². The van der Waals surface area contributed by atoms with Crippen LogP contribution in [-0.4, -0.2) is 5.78 Å². The minimum absolute atomic E-state index is 0.203. The van der Waals surface area contributed by atoms with Gasteiger partial charge in [-0.1, -0.05) is 28.9 Å². The average Bonchev–Trinajstić information content (AvgIpc) is 2.08. The SMILES string of the molecule is CCC(=O)c1cc(Br)ccc1C. The first-order valence-electron chi connectivity index (χ1n) is 3.94. The van der Waals surface area contributed by atoms with E-state index in [0.717, 1.165) is 15.6 Å². The van der Waals surface area contributed by atoms with Crippen molar-refractivity contribution in [2.75, 3.05) is 0 Å². The molecular formula is C10H11BrO. The quantitative estimate of drug-likeness (QED) is 0.708.